The molecule has 31 heavy (non-hydrogen) atoms. The molecule has 6 nitrogen and oxygen atoms in total. The first kappa shape index (κ1) is 23.1. The summed E-state index contributed by atoms with van der Waals surface area (Å²) < 4.78 is 32.5. The monoisotopic (exact) mass is 460 g/mol. The smallest absolute Gasteiger partial charge is 0.256 e. The molecule has 1 heterocycles. The first-order valence-electron chi connectivity index (χ1n) is 9.83. The molecule has 3 aromatic rings. The summed E-state index contributed by atoms with van der Waals surface area (Å²) in [7, 11) is -2.25. The lowest BCUT2D eigenvalue weighted by Crippen LogP contribution is -2.33. The number of carbonyl (C=O) groups is 1. The summed E-state index contributed by atoms with van der Waals surface area (Å²) in [5, 5.41) is 0.189. The van der Waals surface area contributed by atoms with E-state index in [1.54, 1.807) is 37.1 Å². The highest BCUT2D eigenvalue weighted by atomic mass is 35.5. The number of carbonyl (C=O) groups excluding carboxylic acids is 1. The fourth-order valence-corrected chi connectivity index (χ4v) is 4.63. The molecule has 0 saturated carbocycles. The van der Waals surface area contributed by atoms with Crippen molar-refractivity contribution in [2.75, 3.05) is 7.05 Å². The van der Waals surface area contributed by atoms with E-state index in [0.29, 0.717) is 12.3 Å². The van der Waals surface area contributed by atoms with Crippen molar-refractivity contribution in [2.45, 2.75) is 37.9 Å². The Kier molecular flexibility index (Phi) is 7.20. The molecule has 0 aliphatic heterocycles. The average Bonchev–Trinajstić information content (AvgIpc) is 3.26. The van der Waals surface area contributed by atoms with Gasteiger partial charge in [-0.3, -0.25) is 4.79 Å². The van der Waals surface area contributed by atoms with Gasteiger partial charge in [-0.2, -0.15) is 4.31 Å². The molecule has 0 atom stereocenters. The standard InChI is InChI=1S/C23H25ClN2O4S/c1-17(2)25(3)31(28,29)20-11-12-22(24)21(14-20)23(27)26(16-19-10-7-13-30-19)15-18-8-5-4-6-9-18/h4-14,17H,15-16H2,1-3H3. The highest BCUT2D eigenvalue weighted by molar-refractivity contribution is 7.89. The Morgan fingerprint density at radius 2 is 1.74 bits per heavy atom. The van der Waals surface area contributed by atoms with Gasteiger partial charge in [0.25, 0.3) is 5.91 Å². The molecular weight excluding hydrogens is 436 g/mol. The zero-order chi connectivity index (χ0) is 22.6. The molecule has 0 saturated heterocycles. The number of sulfonamides is 1. The molecule has 0 unspecified atom stereocenters. The summed E-state index contributed by atoms with van der Waals surface area (Å²) in [6.45, 7) is 4.11. The lowest BCUT2D eigenvalue weighted by atomic mass is 10.1. The lowest BCUT2D eigenvalue weighted by molar-refractivity contribution is 0.0717. The third-order valence-electron chi connectivity index (χ3n) is 5.00. The van der Waals surface area contributed by atoms with Crippen LogP contribution in [-0.4, -0.2) is 36.6 Å². The Balaban J connectivity index is 1.98. The number of hydrogen-bond acceptors (Lipinski definition) is 4. The van der Waals surface area contributed by atoms with E-state index in [1.807, 2.05) is 30.3 Å². The van der Waals surface area contributed by atoms with E-state index in [1.165, 1.54) is 29.6 Å². The molecule has 0 aliphatic carbocycles. The van der Waals surface area contributed by atoms with Crippen molar-refractivity contribution < 1.29 is 17.6 Å². The van der Waals surface area contributed by atoms with Crippen LogP contribution in [0.1, 0.15) is 35.5 Å². The van der Waals surface area contributed by atoms with E-state index in [2.05, 4.69) is 0 Å². The van der Waals surface area contributed by atoms with Gasteiger partial charge in [-0.1, -0.05) is 41.9 Å². The molecule has 0 bridgehead atoms. The third-order valence-corrected chi connectivity index (χ3v) is 7.36. The fraction of sp³-hybridized carbons (Fsp3) is 0.261. The topological polar surface area (TPSA) is 70.8 Å². The van der Waals surface area contributed by atoms with Gasteiger partial charge in [0.1, 0.15) is 5.76 Å². The number of furan rings is 1. The normalized spacial score (nSPS) is 11.8. The Bertz CT molecular complexity index is 1130. The minimum atomic E-state index is -3.76. The summed E-state index contributed by atoms with van der Waals surface area (Å²) in [5.74, 6) is 0.234. The van der Waals surface area contributed by atoms with Gasteiger partial charge in [0.05, 0.1) is 28.3 Å². The molecule has 1 amide bonds. The average molecular weight is 461 g/mol. The van der Waals surface area contributed by atoms with Crippen LogP contribution in [0.15, 0.2) is 76.2 Å². The molecule has 0 fully saturated rings. The van der Waals surface area contributed by atoms with Crippen LogP contribution < -0.4 is 0 Å². The number of amides is 1. The highest BCUT2D eigenvalue weighted by Crippen LogP contribution is 2.26. The van der Waals surface area contributed by atoms with E-state index in [0.717, 1.165) is 5.56 Å². The van der Waals surface area contributed by atoms with Gasteiger partial charge in [-0.15, -0.1) is 0 Å². The maximum Gasteiger partial charge on any atom is 0.256 e. The Morgan fingerprint density at radius 3 is 2.35 bits per heavy atom. The summed E-state index contributed by atoms with van der Waals surface area (Å²) in [6.07, 6.45) is 1.54. The molecule has 2 aromatic carbocycles. The largest absolute Gasteiger partial charge is 0.467 e. The van der Waals surface area contributed by atoms with Crippen molar-refractivity contribution in [1.29, 1.82) is 0 Å². The molecule has 0 N–H and O–H groups in total. The van der Waals surface area contributed by atoms with Gasteiger partial charge in [-0.05, 0) is 49.7 Å². The van der Waals surface area contributed by atoms with Crippen molar-refractivity contribution in [3.8, 4) is 0 Å². The van der Waals surface area contributed by atoms with Gasteiger partial charge in [0.15, 0.2) is 0 Å². The number of halogens is 1. The van der Waals surface area contributed by atoms with Crippen molar-refractivity contribution in [3.05, 3.63) is 88.8 Å². The third kappa shape index (κ3) is 5.36. The van der Waals surface area contributed by atoms with Crippen LogP contribution >= 0.6 is 11.6 Å². The molecule has 1 aromatic heterocycles. The van der Waals surface area contributed by atoms with Gasteiger partial charge >= 0.3 is 0 Å². The number of benzene rings is 2. The minimum absolute atomic E-state index is 0.0223. The Morgan fingerprint density at radius 1 is 1.03 bits per heavy atom. The first-order valence-corrected chi connectivity index (χ1v) is 11.6. The lowest BCUT2D eigenvalue weighted by Gasteiger charge is -2.24. The van der Waals surface area contributed by atoms with E-state index in [-0.39, 0.29) is 34.0 Å². The van der Waals surface area contributed by atoms with Gasteiger partial charge in [0.2, 0.25) is 10.0 Å². The molecule has 0 spiro atoms. The highest BCUT2D eigenvalue weighted by Gasteiger charge is 2.27. The minimum Gasteiger partial charge on any atom is -0.467 e. The molecule has 0 aliphatic rings. The van der Waals surface area contributed by atoms with Crippen molar-refractivity contribution in [2.24, 2.45) is 0 Å². The van der Waals surface area contributed by atoms with E-state index in [9.17, 15) is 13.2 Å². The van der Waals surface area contributed by atoms with Gasteiger partial charge in [0, 0.05) is 19.6 Å². The van der Waals surface area contributed by atoms with Gasteiger partial charge < -0.3 is 9.32 Å². The van der Waals surface area contributed by atoms with Gasteiger partial charge in [-0.25, -0.2) is 8.42 Å². The SMILES string of the molecule is CC(C)N(C)S(=O)(=O)c1ccc(Cl)c(C(=O)N(Cc2ccccc2)Cc2ccco2)c1. The maximum atomic E-state index is 13.5. The summed E-state index contributed by atoms with van der Waals surface area (Å²) in [5.41, 5.74) is 1.06. The second-order valence-electron chi connectivity index (χ2n) is 7.48. The van der Waals surface area contributed by atoms with Crippen LogP contribution in [0.5, 0.6) is 0 Å². The fourth-order valence-electron chi connectivity index (χ4n) is 3.04. The quantitative estimate of drug-likeness (QED) is 0.484. The van der Waals surface area contributed by atoms with E-state index in [4.69, 9.17) is 16.0 Å². The molecule has 164 valence electrons. The van der Waals surface area contributed by atoms with Crippen LogP contribution in [-0.2, 0) is 23.1 Å². The second kappa shape index (κ2) is 9.68. The van der Waals surface area contributed by atoms with E-state index >= 15 is 0 Å². The zero-order valence-electron chi connectivity index (χ0n) is 17.7. The van der Waals surface area contributed by atoms with Crippen LogP contribution in [0.4, 0.5) is 0 Å². The van der Waals surface area contributed by atoms with Crippen LogP contribution in [0.3, 0.4) is 0 Å². The Labute approximate surface area is 188 Å². The molecular formula is C23H25ClN2O4S. The van der Waals surface area contributed by atoms with Crippen LogP contribution in [0, 0.1) is 0 Å². The number of nitrogens with zero attached hydrogens (tertiary/aromatic N) is 2. The zero-order valence-corrected chi connectivity index (χ0v) is 19.2. The number of hydrogen-bond donors (Lipinski definition) is 0. The van der Waals surface area contributed by atoms with Crippen molar-refractivity contribution in [3.63, 3.8) is 0 Å². The molecule has 3 rings (SSSR count). The van der Waals surface area contributed by atoms with Crippen molar-refractivity contribution in [1.82, 2.24) is 9.21 Å². The predicted molar refractivity (Wildman–Crippen MR) is 120 cm³/mol. The maximum absolute atomic E-state index is 13.5. The molecule has 8 heteroatoms. The van der Waals surface area contributed by atoms with Crippen LogP contribution in [0.25, 0.3) is 0 Å². The van der Waals surface area contributed by atoms with Crippen molar-refractivity contribution >= 4 is 27.5 Å². The second-order valence-corrected chi connectivity index (χ2v) is 9.89. The number of rotatable bonds is 8. The van der Waals surface area contributed by atoms with E-state index < -0.39 is 10.0 Å². The summed E-state index contributed by atoms with van der Waals surface area (Å²) >= 11 is 6.33. The Hall–Kier alpha value is -2.61. The summed E-state index contributed by atoms with van der Waals surface area (Å²) in [4.78, 5) is 15.1. The van der Waals surface area contributed by atoms with Crippen LogP contribution in [0.2, 0.25) is 5.02 Å². The predicted octanol–water partition coefficient (Wildman–Crippen LogP) is 4.80. The summed E-state index contributed by atoms with van der Waals surface area (Å²) in [6, 6.07) is 17.1. The molecule has 0 radical (unpaired) electrons. The first-order chi connectivity index (χ1) is 14.7.